The first-order chi connectivity index (χ1) is 8.05. The van der Waals surface area contributed by atoms with Gasteiger partial charge in [0.25, 0.3) is 0 Å². The summed E-state index contributed by atoms with van der Waals surface area (Å²) >= 11 is 0. The number of nitrogens with two attached hydrogens (primary N) is 1. The molecule has 0 saturated heterocycles. The molecule has 7 heteroatoms. The molecule has 0 spiro atoms. The molecule has 0 radical (unpaired) electrons. The molecule has 6 nitrogen and oxygen atoms in total. The molecule has 0 atom stereocenters. The Hall–Kier alpha value is -1.18. The number of nitrogens with one attached hydrogen (secondary N) is 1. The second-order valence-corrected chi connectivity index (χ2v) is 6.26. The van der Waals surface area contributed by atoms with Crippen LogP contribution in [0.2, 0.25) is 0 Å². The van der Waals surface area contributed by atoms with Crippen molar-refractivity contribution in [2.75, 3.05) is 19.0 Å². The van der Waals surface area contributed by atoms with Crippen molar-refractivity contribution in [1.82, 2.24) is 9.29 Å². The number of rotatable bonds is 5. The zero-order valence-electron chi connectivity index (χ0n) is 9.63. The normalized spacial score (nSPS) is 16.2. The Balaban J connectivity index is 2.29. The van der Waals surface area contributed by atoms with Crippen LogP contribution in [0.3, 0.4) is 0 Å². The van der Waals surface area contributed by atoms with E-state index in [0.29, 0.717) is 18.2 Å². The summed E-state index contributed by atoms with van der Waals surface area (Å²) < 4.78 is 25.9. The Bertz CT molecular complexity index is 499. The third-order valence-electron chi connectivity index (χ3n) is 2.84. The van der Waals surface area contributed by atoms with Crippen molar-refractivity contribution in [3.05, 3.63) is 18.5 Å². The van der Waals surface area contributed by atoms with Crippen LogP contribution in [-0.4, -0.2) is 31.3 Å². The largest absolute Gasteiger partial charge is 0.323 e. The highest BCUT2D eigenvalue weighted by atomic mass is 32.2. The second kappa shape index (κ2) is 4.59. The van der Waals surface area contributed by atoms with Crippen LogP contribution in [0, 0.1) is 5.92 Å². The molecule has 1 saturated carbocycles. The van der Waals surface area contributed by atoms with E-state index in [-0.39, 0.29) is 4.90 Å². The van der Waals surface area contributed by atoms with E-state index in [1.54, 1.807) is 7.05 Å². The first-order valence-corrected chi connectivity index (χ1v) is 6.86. The van der Waals surface area contributed by atoms with Gasteiger partial charge in [-0.05, 0) is 24.8 Å². The third kappa shape index (κ3) is 2.56. The average Bonchev–Trinajstić information content (AvgIpc) is 3.12. The lowest BCUT2D eigenvalue weighted by Crippen LogP contribution is -2.30. The summed E-state index contributed by atoms with van der Waals surface area (Å²) in [7, 11) is -1.92. The van der Waals surface area contributed by atoms with Gasteiger partial charge in [-0.25, -0.2) is 12.7 Å². The molecule has 0 unspecified atom stereocenters. The summed E-state index contributed by atoms with van der Waals surface area (Å²) in [6.45, 7) is 0.557. The number of hydrazine groups is 1. The van der Waals surface area contributed by atoms with Gasteiger partial charge in [-0.1, -0.05) is 0 Å². The standard InChI is InChI=1S/C10H16N4O2S/c1-14(7-8-2-3-8)17(15,16)10-6-12-5-4-9(10)13-11/h4-6,8H,2-3,7,11H2,1H3,(H,12,13). The van der Waals surface area contributed by atoms with E-state index < -0.39 is 10.0 Å². The third-order valence-corrected chi connectivity index (χ3v) is 4.69. The van der Waals surface area contributed by atoms with Crippen LogP contribution in [0.15, 0.2) is 23.4 Å². The van der Waals surface area contributed by atoms with Crippen LogP contribution in [-0.2, 0) is 10.0 Å². The zero-order chi connectivity index (χ0) is 12.5. The molecule has 1 heterocycles. The zero-order valence-corrected chi connectivity index (χ0v) is 10.4. The molecule has 1 aliphatic carbocycles. The van der Waals surface area contributed by atoms with Crippen molar-refractivity contribution in [3.8, 4) is 0 Å². The van der Waals surface area contributed by atoms with Gasteiger partial charge in [0.15, 0.2) is 0 Å². The quantitative estimate of drug-likeness (QED) is 0.588. The highest BCUT2D eigenvalue weighted by Gasteiger charge is 2.30. The lowest BCUT2D eigenvalue weighted by atomic mass is 10.4. The van der Waals surface area contributed by atoms with Crippen LogP contribution < -0.4 is 11.3 Å². The molecule has 17 heavy (non-hydrogen) atoms. The maximum absolute atomic E-state index is 12.3. The van der Waals surface area contributed by atoms with Gasteiger partial charge in [0.1, 0.15) is 4.90 Å². The van der Waals surface area contributed by atoms with Gasteiger partial charge in [-0.3, -0.25) is 10.8 Å². The Kier molecular flexibility index (Phi) is 3.32. The highest BCUT2D eigenvalue weighted by Crippen LogP contribution is 2.31. The Labute approximate surface area is 101 Å². The van der Waals surface area contributed by atoms with E-state index in [1.807, 2.05) is 0 Å². The molecule has 0 bridgehead atoms. The van der Waals surface area contributed by atoms with E-state index >= 15 is 0 Å². The summed E-state index contributed by atoms with van der Waals surface area (Å²) in [6.07, 6.45) is 5.02. The fraction of sp³-hybridized carbons (Fsp3) is 0.500. The van der Waals surface area contributed by atoms with Crippen molar-refractivity contribution in [1.29, 1.82) is 0 Å². The first-order valence-electron chi connectivity index (χ1n) is 5.42. The summed E-state index contributed by atoms with van der Waals surface area (Å²) in [5.41, 5.74) is 2.74. The number of nitrogens with zero attached hydrogens (tertiary/aromatic N) is 2. The molecule has 2 rings (SSSR count). The van der Waals surface area contributed by atoms with Gasteiger partial charge in [0, 0.05) is 26.0 Å². The number of nitrogen functional groups attached to an aromatic ring is 1. The Morgan fingerprint density at radius 1 is 1.59 bits per heavy atom. The molecule has 94 valence electrons. The fourth-order valence-electron chi connectivity index (χ4n) is 1.63. The molecular formula is C10H16N4O2S. The van der Waals surface area contributed by atoms with E-state index in [2.05, 4.69) is 10.4 Å². The van der Waals surface area contributed by atoms with Crippen molar-refractivity contribution in [2.24, 2.45) is 11.8 Å². The molecule has 1 aliphatic rings. The second-order valence-electron chi connectivity index (χ2n) is 4.25. The summed E-state index contributed by atoms with van der Waals surface area (Å²) in [6, 6.07) is 1.54. The fourth-order valence-corrected chi connectivity index (χ4v) is 2.98. The monoisotopic (exact) mass is 256 g/mol. The smallest absolute Gasteiger partial charge is 0.246 e. The number of hydrogen-bond donors (Lipinski definition) is 2. The molecule has 1 aromatic heterocycles. The number of pyridine rings is 1. The minimum absolute atomic E-state index is 0.116. The van der Waals surface area contributed by atoms with E-state index in [9.17, 15) is 8.42 Å². The van der Waals surface area contributed by atoms with Gasteiger partial charge < -0.3 is 5.43 Å². The lowest BCUT2D eigenvalue weighted by Gasteiger charge is -2.18. The van der Waals surface area contributed by atoms with Gasteiger partial charge in [0.05, 0.1) is 5.69 Å². The van der Waals surface area contributed by atoms with Gasteiger partial charge in [-0.15, -0.1) is 0 Å². The molecule has 1 fully saturated rings. The Morgan fingerprint density at radius 2 is 2.29 bits per heavy atom. The van der Waals surface area contributed by atoms with Crippen molar-refractivity contribution >= 4 is 15.7 Å². The minimum Gasteiger partial charge on any atom is -0.323 e. The number of anilines is 1. The molecule has 3 N–H and O–H groups in total. The topological polar surface area (TPSA) is 88.3 Å². The molecule has 0 aromatic carbocycles. The number of hydrogen-bond acceptors (Lipinski definition) is 5. The van der Waals surface area contributed by atoms with Crippen LogP contribution in [0.5, 0.6) is 0 Å². The predicted octanol–water partition coefficient (Wildman–Crippen LogP) is 0.398. The maximum Gasteiger partial charge on any atom is 0.246 e. The minimum atomic E-state index is -3.51. The van der Waals surface area contributed by atoms with Gasteiger partial charge in [0.2, 0.25) is 10.0 Å². The summed E-state index contributed by atoms with van der Waals surface area (Å²) in [5.74, 6) is 5.80. The molecule has 0 amide bonds. The predicted molar refractivity (Wildman–Crippen MR) is 64.6 cm³/mol. The number of aromatic nitrogens is 1. The maximum atomic E-state index is 12.3. The number of sulfonamides is 1. The van der Waals surface area contributed by atoms with Crippen LogP contribution in [0.4, 0.5) is 5.69 Å². The summed E-state index contributed by atoms with van der Waals surface area (Å²) in [5, 5.41) is 0. The van der Waals surface area contributed by atoms with E-state index in [4.69, 9.17) is 5.84 Å². The summed E-state index contributed by atoms with van der Waals surface area (Å²) in [4.78, 5) is 3.95. The molecule has 1 aromatic rings. The van der Waals surface area contributed by atoms with Crippen LogP contribution in [0.25, 0.3) is 0 Å². The van der Waals surface area contributed by atoms with Crippen molar-refractivity contribution in [3.63, 3.8) is 0 Å². The van der Waals surface area contributed by atoms with Gasteiger partial charge in [-0.2, -0.15) is 0 Å². The highest BCUT2D eigenvalue weighted by molar-refractivity contribution is 7.89. The van der Waals surface area contributed by atoms with Crippen LogP contribution in [0.1, 0.15) is 12.8 Å². The SMILES string of the molecule is CN(CC1CC1)S(=O)(=O)c1cnccc1NN. The van der Waals surface area contributed by atoms with Gasteiger partial charge >= 0.3 is 0 Å². The first kappa shape index (κ1) is 12.3. The van der Waals surface area contributed by atoms with E-state index in [0.717, 1.165) is 12.8 Å². The average molecular weight is 256 g/mol. The van der Waals surface area contributed by atoms with Crippen LogP contribution >= 0.6 is 0 Å². The lowest BCUT2D eigenvalue weighted by molar-refractivity contribution is 0.453. The van der Waals surface area contributed by atoms with Crippen molar-refractivity contribution < 1.29 is 8.42 Å². The van der Waals surface area contributed by atoms with Crippen molar-refractivity contribution in [2.45, 2.75) is 17.7 Å². The Morgan fingerprint density at radius 3 is 2.88 bits per heavy atom. The molecular weight excluding hydrogens is 240 g/mol. The molecule has 0 aliphatic heterocycles. The van der Waals surface area contributed by atoms with E-state index in [1.165, 1.54) is 22.8 Å².